The summed E-state index contributed by atoms with van der Waals surface area (Å²) in [6, 6.07) is -5.85. The van der Waals surface area contributed by atoms with Crippen molar-refractivity contribution in [3.63, 3.8) is 0 Å². The fraction of sp³-hybridized carbons (Fsp3) is 0.688. The van der Waals surface area contributed by atoms with E-state index in [2.05, 4.69) is 10.6 Å². The van der Waals surface area contributed by atoms with Crippen molar-refractivity contribution in [3.8, 4) is 0 Å². The number of hydrogen-bond acceptors (Lipinski definition) is 8. The molecule has 0 radical (unpaired) electrons. The molecule has 0 aromatic heterocycles. The van der Waals surface area contributed by atoms with Crippen LogP contribution in [0.4, 0.5) is 0 Å². The van der Waals surface area contributed by atoms with Gasteiger partial charge in [-0.15, -0.1) is 0 Å². The van der Waals surface area contributed by atoms with Gasteiger partial charge in [-0.25, -0.2) is 4.79 Å². The molecule has 0 aromatic carbocycles. The van der Waals surface area contributed by atoms with Crippen molar-refractivity contribution in [3.05, 3.63) is 0 Å². The van der Waals surface area contributed by atoms with Gasteiger partial charge in [0.1, 0.15) is 18.1 Å². The number of carbonyl (C=O) groups is 5. The Morgan fingerprint density at radius 1 is 0.862 bits per heavy atom. The molecule has 0 spiro atoms. The van der Waals surface area contributed by atoms with Crippen molar-refractivity contribution in [2.45, 2.75) is 50.9 Å². The average Bonchev–Trinajstić information content (AvgIpc) is 2.66. The highest BCUT2D eigenvalue weighted by Gasteiger charge is 2.31. The number of aliphatic carboxylic acids is 2. The van der Waals surface area contributed by atoms with Crippen LogP contribution in [0, 0.1) is 5.92 Å². The van der Waals surface area contributed by atoms with Crippen molar-refractivity contribution in [1.29, 1.82) is 0 Å². The molecule has 0 aliphatic rings. The summed E-state index contributed by atoms with van der Waals surface area (Å²) in [5.41, 5.74) is 5.36. The maximum atomic E-state index is 12.2. The summed E-state index contributed by atoms with van der Waals surface area (Å²) in [4.78, 5) is 58.0. The van der Waals surface area contributed by atoms with Crippen LogP contribution >= 0.6 is 0 Å². The number of carboxylic acids is 2. The molecule has 9 N–H and O–H groups in total. The number of carbonyl (C=O) groups excluding carboxylic acids is 3. The summed E-state index contributed by atoms with van der Waals surface area (Å²) >= 11 is 0. The van der Waals surface area contributed by atoms with Gasteiger partial charge in [-0.05, 0) is 5.92 Å². The first-order valence-electron chi connectivity index (χ1n) is 8.81. The van der Waals surface area contributed by atoms with Gasteiger partial charge in [0, 0.05) is 0 Å². The van der Waals surface area contributed by atoms with Crippen LogP contribution in [0.3, 0.4) is 0 Å². The van der Waals surface area contributed by atoms with Gasteiger partial charge in [0.2, 0.25) is 17.7 Å². The van der Waals surface area contributed by atoms with Crippen LogP contribution in [0.5, 0.6) is 0 Å². The minimum atomic E-state index is -1.57. The van der Waals surface area contributed by atoms with E-state index in [0.717, 1.165) is 0 Å². The lowest BCUT2D eigenvalue weighted by atomic mass is 9.99. The number of hydrogen-bond donors (Lipinski definition) is 8. The molecule has 13 heteroatoms. The topological polar surface area (TPSA) is 228 Å². The van der Waals surface area contributed by atoms with Crippen LogP contribution in [0.15, 0.2) is 0 Å². The summed E-state index contributed by atoms with van der Waals surface area (Å²) < 4.78 is 0. The molecule has 0 saturated heterocycles. The zero-order valence-electron chi connectivity index (χ0n) is 16.1. The molecule has 3 amide bonds. The fourth-order valence-electron chi connectivity index (χ4n) is 2.16. The van der Waals surface area contributed by atoms with Gasteiger partial charge in [0.15, 0.2) is 0 Å². The molecule has 0 aliphatic carbocycles. The third kappa shape index (κ3) is 8.85. The lowest BCUT2D eigenvalue weighted by Gasteiger charge is -2.25. The van der Waals surface area contributed by atoms with Crippen molar-refractivity contribution in [1.82, 2.24) is 16.0 Å². The molecule has 5 atom stereocenters. The van der Waals surface area contributed by atoms with E-state index in [9.17, 15) is 39.3 Å². The fourth-order valence-corrected chi connectivity index (χ4v) is 2.16. The van der Waals surface area contributed by atoms with Gasteiger partial charge >= 0.3 is 11.9 Å². The van der Waals surface area contributed by atoms with Crippen LogP contribution in [0.2, 0.25) is 0 Å². The summed E-state index contributed by atoms with van der Waals surface area (Å²) in [7, 11) is 0. The number of amides is 3. The smallest absolute Gasteiger partial charge is 0.326 e. The summed E-state index contributed by atoms with van der Waals surface area (Å²) in [6.45, 7) is 1.54. The van der Waals surface area contributed by atoms with Crippen molar-refractivity contribution < 1.29 is 44.4 Å². The van der Waals surface area contributed by atoms with Crippen molar-refractivity contribution in [2.24, 2.45) is 11.7 Å². The maximum Gasteiger partial charge on any atom is 0.326 e. The Labute approximate surface area is 166 Å². The van der Waals surface area contributed by atoms with Crippen molar-refractivity contribution >= 4 is 29.7 Å². The summed E-state index contributed by atoms with van der Waals surface area (Å²) in [5.74, 6) is -6.11. The second-order valence-corrected chi connectivity index (χ2v) is 6.40. The minimum absolute atomic E-state index is 0.424. The highest BCUT2D eigenvalue weighted by molar-refractivity contribution is 5.94. The Morgan fingerprint density at radius 3 is 1.69 bits per heavy atom. The molecule has 0 saturated carbocycles. The largest absolute Gasteiger partial charge is 0.481 e. The SMILES string of the molecule is CCC(C)C(NC(=O)C(CO)NC(=O)C(CO)NC(=O)C(N)CC(=O)O)C(=O)O. The van der Waals surface area contributed by atoms with E-state index in [1.807, 2.05) is 5.32 Å². The molecular weight excluding hydrogens is 392 g/mol. The zero-order valence-corrected chi connectivity index (χ0v) is 16.1. The molecule has 13 nitrogen and oxygen atoms in total. The molecular formula is C16H28N4O9. The number of nitrogens with one attached hydrogen (secondary N) is 3. The van der Waals surface area contributed by atoms with Crippen LogP contribution in [0.25, 0.3) is 0 Å². The first-order chi connectivity index (χ1) is 13.5. The molecule has 0 fully saturated rings. The highest BCUT2D eigenvalue weighted by Crippen LogP contribution is 2.08. The zero-order chi connectivity index (χ0) is 22.7. The standard InChI is InChI=1S/C16H28N4O9/c1-3-7(2)12(16(28)29)20-15(27)10(6-22)19-14(26)9(5-21)18-13(25)8(17)4-11(23)24/h7-10,12,21-22H,3-6,17H2,1-2H3,(H,18,25)(H,19,26)(H,20,27)(H,23,24)(H,28,29). The van der Waals surface area contributed by atoms with Gasteiger partial charge in [-0.3, -0.25) is 19.2 Å². The monoisotopic (exact) mass is 420 g/mol. The van der Waals surface area contributed by atoms with Crippen LogP contribution in [-0.2, 0) is 24.0 Å². The van der Waals surface area contributed by atoms with E-state index < -0.39 is 79.4 Å². The van der Waals surface area contributed by atoms with E-state index >= 15 is 0 Å². The molecule has 0 rings (SSSR count). The minimum Gasteiger partial charge on any atom is -0.481 e. The molecule has 5 unspecified atom stereocenters. The normalized spacial score (nSPS) is 15.9. The Morgan fingerprint density at radius 2 is 1.31 bits per heavy atom. The lowest BCUT2D eigenvalue weighted by molar-refractivity contribution is -0.144. The Kier molecular flexibility index (Phi) is 11.4. The molecule has 29 heavy (non-hydrogen) atoms. The van der Waals surface area contributed by atoms with Crippen LogP contribution < -0.4 is 21.7 Å². The van der Waals surface area contributed by atoms with Crippen LogP contribution in [-0.4, -0.2) is 87.5 Å². The van der Waals surface area contributed by atoms with Gasteiger partial charge in [0.05, 0.1) is 25.7 Å². The van der Waals surface area contributed by atoms with E-state index in [1.165, 1.54) is 0 Å². The predicted molar refractivity (Wildman–Crippen MR) is 97.3 cm³/mol. The van der Waals surface area contributed by atoms with E-state index in [1.54, 1.807) is 13.8 Å². The lowest BCUT2D eigenvalue weighted by Crippen LogP contribution is -2.59. The first kappa shape index (κ1) is 26.2. The molecule has 0 bridgehead atoms. The second kappa shape index (κ2) is 12.6. The summed E-state index contributed by atoms with van der Waals surface area (Å²) in [5, 5.41) is 42.8. The third-order valence-electron chi connectivity index (χ3n) is 4.14. The Hall–Kier alpha value is -2.77. The van der Waals surface area contributed by atoms with Gasteiger partial charge in [0.25, 0.3) is 0 Å². The quantitative estimate of drug-likeness (QED) is 0.146. The number of rotatable bonds is 13. The number of aliphatic hydroxyl groups excluding tert-OH is 2. The highest BCUT2D eigenvalue weighted by atomic mass is 16.4. The summed E-state index contributed by atoms with van der Waals surface area (Å²) in [6.07, 6.45) is -0.262. The Bertz CT molecular complexity index is 613. The maximum absolute atomic E-state index is 12.2. The van der Waals surface area contributed by atoms with E-state index in [-0.39, 0.29) is 0 Å². The van der Waals surface area contributed by atoms with Crippen LogP contribution in [0.1, 0.15) is 26.7 Å². The third-order valence-corrected chi connectivity index (χ3v) is 4.14. The van der Waals surface area contributed by atoms with Gasteiger partial charge in [-0.1, -0.05) is 20.3 Å². The molecule has 0 aliphatic heterocycles. The van der Waals surface area contributed by atoms with Gasteiger partial charge < -0.3 is 42.1 Å². The average molecular weight is 420 g/mol. The predicted octanol–water partition coefficient (Wildman–Crippen LogP) is -3.64. The van der Waals surface area contributed by atoms with Crippen molar-refractivity contribution in [2.75, 3.05) is 13.2 Å². The number of carboxylic acid groups (broad SMARTS) is 2. The second-order valence-electron chi connectivity index (χ2n) is 6.40. The molecule has 166 valence electrons. The number of nitrogens with two attached hydrogens (primary N) is 1. The Balaban J connectivity index is 5.04. The van der Waals surface area contributed by atoms with E-state index in [0.29, 0.717) is 6.42 Å². The molecule has 0 aromatic rings. The van der Waals surface area contributed by atoms with E-state index in [4.69, 9.17) is 10.8 Å². The first-order valence-corrected chi connectivity index (χ1v) is 8.81. The van der Waals surface area contributed by atoms with Gasteiger partial charge in [-0.2, -0.15) is 0 Å². The number of aliphatic hydroxyl groups is 2. The molecule has 0 heterocycles.